The summed E-state index contributed by atoms with van der Waals surface area (Å²) in [4.78, 5) is 15.6. The van der Waals surface area contributed by atoms with Gasteiger partial charge in [-0.15, -0.1) is 0 Å². The molecule has 0 bridgehead atoms. The lowest BCUT2D eigenvalue weighted by Gasteiger charge is -2.03. The molecule has 0 amide bonds. The minimum absolute atomic E-state index is 0.108. The number of benzene rings is 1. The lowest BCUT2D eigenvalue weighted by molar-refractivity contribution is 0.0467. The number of hydrogen-bond donors (Lipinski definition) is 0. The van der Waals surface area contributed by atoms with E-state index in [1.54, 1.807) is 18.3 Å². The van der Waals surface area contributed by atoms with Crippen molar-refractivity contribution < 1.29 is 13.9 Å². The highest BCUT2D eigenvalue weighted by Crippen LogP contribution is 2.06. The highest BCUT2D eigenvalue weighted by atomic mass is 19.1. The summed E-state index contributed by atoms with van der Waals surface area (Å²) in [5.74, 6) is -0.873. The van der Waals surface area contributed by atoms with Crippen molar-refractivity contribution in [1.29, 1.82) is 0 Å². The number of esters is 1. The van der Waals surface area contributed by atoms with Crippen LogP contribution >= 0.6 is 0 Å². The number of halogens is 1. The summed E-state index contributed by atoms with van der Waals surface area (Å²) in [5.41, 5.74) is 0.991. The highest BCUT2D eigenvalue weighted by Gasteiger charge is 2.07. The number of carbonyl (C=O) groups is 1. The third-order valence-electron chi connectivity index (χ3n) is 2.16. The Morgan fingerprint density at radius 3 is 2.59 bits per heavy atom. The summed E-state index contributed by atoms with van der Waals surface area (Å²) in [5, 5.41) is 0. The van der Waals surface area contributed by atoms with E-state index in [1.165, 1.54) is 24.3 Å². The van der Waals surface area contributed by atoms with Crippen molar-refractivity contribution in [3.05, 3.63) is 65.7 Å². The summed E-state index contributed by atoms with van der Waals surface area (Å²) in [6, 6.07) is 10.6. The van der Waals surface area contributed by atoms with E-state index in [9.17, 15) is 9.18 Å². The van der Waals surface area contributed by atoms with Gasteiger partial charge in [-0.1, -0.05) is 6.07 Å². The molecule has 0 N–H and O–H groups in total. The maximum atomic E-state index is 12.6. The van der Waals surface area contributed by atoms with Crippen molar-refractivity contribution in [2.45, 2.75) is 6.61 Å². The van der Waals surface area contributed by atoms with E-state index >= 15 is 0 Å². The molecule has 2 aromatic rings. The Balaban J connectivity index is 1.96. The van der Waals surface area contributed by atoms with Gasteiger partial charge >= 0.3 is 5.97 Å². The van der Waals surface area contributed by atoms with Gasteiger partial charge < -0.3 is 4.74 Å². The Kier molecular flexibility index (Phi) is 3.45. The molecule has 0 radical (unpaired) electrons. The number of aromatic nitrogens is 1. The monoisotopic (exact) mass is 231 g/mol. The quantitative estimate of drug-likeness (QED) is 0.762. The Morgan fingerprint density at radius 1 is 1.18 bits per heavy atom. The molecule has 0 aliphatic heterocycles. The first-order valence-corrected chi connectivity index (χ1v) is 5.08. The van der Waals surface area contributed by atoms with Crippen LogP contribution in [0, 0.1) is 5.82 Å². The predicted molar refractivity (Wildman–Crippen MR) is 59.8 cm³/mol. The number of hydrogen-bond acceptors (Lipinski definition) is 3. The van der Waals surface area contributed by atoms with Gasteiger partial charge in [0.15, 0.2) is 0 Å². The molecule has 0 unspecified atom stereocenters. The molecule has 1 aromatic carbocycles. The number of rotatable bonds is 3. The third-order valence-corrected chi connectivity index (χ3v) is 2.16. The van der Waals surface area contributed by atoms with Gasteiger partial charge in [0.05, 0.1) is 11.3 Å². The first-order valence-electron chi connectivity index (χ1n) is 5.08. The smallest absolute Gasteiger partial charge is 0.338 e. The van der Waals surface area contributed by atoms with Gasteiger partial charge in [0.25, 0.3) is 0 Å². The fourth-order valence-corrected chi connectivity index (χ4v) is 1.29. The van der Waals surface area contributed by atoms with Crippen LogP contribution in [0.1, 0.15) is 16.1 Å². The van der Waals surface area contributed by atoms with E-state index < -0.39 is 5.97 Å². The molecular formula is C13H10FNO2. The molecule has 17 heavy (non-hydrogen) atoms. The van der Waals surface area contributed by atoms with Crippen LogP contribution in [0.2, 0.25) is 0 Å². The molecule has 0 saturated carbocycles. The number of ether oxygens (including phenoxy) is 1. The molecule has 0 saturated heterocycles. The standard InChI is InChI=1S/C13H10FNO2/c14-11-6-4-10(5-7-11)13(16)17-9-12-3-1-2-8-15-12/h1-8H,9H2. The van der Waals surface area contributed by atoms with Gasteiger partial charge in [0, 0.05) is 6.20 Å². The molecule has 0 spiro atoms. The Hall–Kier alpha value is -2.23. The number of nitrogens with zero attached hydrogens (tertiary/aromatic N) is 1. The predicted octanol–water partition coefficient (Wildman–Crippen LogP) is 2.58. The maximum Gasteiger partial charge on any atom is 0.338 e. The van der Waals surface area contributed by atoms with Crippen molar-refractivity contribution in [3.63, 3.8) is 0 Å². The van der Waals surface area contributed by atoms with Crippen molar-refractivity contribution in [2.75, 3.05) is 0 Å². The Labute approximate surface area is 97.9 Å². The van der Waals surface area contributed by atoms with E-state index in [4.69, 9.17) is 4.74 Å². The van der Waals surface area contributed by atoms with E-state index in [0.717, 1.165) is 0 Å². The summed E-state index contributed by atoms with van der Waals surface area (Å²) in [7, 11) is 0. The summed E-state index contributed by atoms with van der Waals surface area (Å²) in [6.45, 7) is 0.108. The maximum absolute atomic E-state index is 12.6. The van der Waals surface area contributed by atoms with Crippen LogP contribution < -0.4 is 0 Å². The molecular weight excluding hydrogens is 221 g/mol. The van der Waals surface area contributed by atoms with Gasteiger partial charge in [0.2, 0.25) is 0 Å². The average molecular weight is 231 g/mol. The van der Waals surface area contributed by atoms with Crippen LogP contribution in [-0.4, -0.2) is 11.0 Å². The molecule has 0 fully saturated rings. The molecule has 0 atom stereocenters. The fourth-order valence-electron chi connectivity index (χ4n) is 1.29. The van der Waals surface area contributed by atoms with Crippen LogP contribution in [0.3, 0.4) is 0 Å². The highest BCUT2D eigenvalue weighted by molar-refractivity contribution is 5.89. The van der Waals surface area contributed by atoms with Gasteiger partial charge in [-0.3, -0.25) is 4.98 Å². The number of carbonyl (C=O) groups excluding carboxylic acids is 1. The molecule has 86 valence electrons. The molecule has 3 nitrogen and oxygen atoms in total. The van der Waals surface area contributed by atoms with E-state index in [1.807, 2.05) is 6.07 Å². The molecule has 1 aromatic heterocycles. The van der Waals surface area contributed by atoms with Crippen molar-refractivity contribution in [2.24, 2.45) is 0 Å². The molecule has 4 heteroatoms. The van der Waals surface area contributed by atoms with E-state index in [-0.39, 0.29) is 12.4 Å². The zero-order valence-electron chi connectivity index (χ0n) is 8.97. The first kappa shape index (κ1) is 11.3. The molecule has 1 heterocycles. The van der Waals surface area contributed by atoms with Crippen LogP contribution in [0.25, 0.3) is 0 Å². The van der Waals surface area contributed by atoms with Crippen LogP contribution in [-0.2, 0) is 11.3 Å². The number of pyridine rings is 1. The second-order valence-corrected chi connectivity index (χ2v) is 3.40. The van der Waals surface area contributed by atoms with Crippen LogP contribution in [0.4, 0.5) is 4.39 Å². The zero-order chi connectivity index (χ0) is 12.1. The summed E-state index contributed by atoms with van der Waals surface area (Å²) in [6.07, 6.45) is 1.63. The minimum Gasteiger partial charge on any atom is -0.456 e. The van der Waals surface area contributed by atoms with Crippen molar-refractivity contribution in [3.8, 4) is 0 Å². The second kappa shape index (κ2) is 5.21. The second-order valence-electron chi connectivity index (χ2n) is 3.40. The summed E-state index contributed by atoms with van der Waals surface area (Å²) < 4.78 is 17.7. The Morgan fingerprint density at radius 2 is 1.94 bits per heavy atom. The average Bonchev–Trinajstić information content (AvgIpc) is 2.38. The largest absolute Gasteiger partial charge is 0.456 e. The van der Waals surface area contributed by atoms with Gasteiger partial charge in [-0.2, -0.15) is 0 Å². The third kappa shape index (κ3) is 3.11. The van der Waals surface area contributed by atoms with Gasteiger partial charge in [-0.05, 0) is 36.4 Å². The minimum atomic E-state index is -0.490. The van der Waals surface area contributed by atoms with E-state index in [0.29, 0.717) is 11.3 Å². The fraction of sp³-hybridized carbons (Fsp3) is 0.0769. The normalized spacial score (nSPS) is 9.94. The SMILES string of the molecule is O=C(OCc1ccccn1)c1ccc(F)cc1. The van der Waals surface area contributed by atoms with E-state index in [2.05, 4.69) is 4.98 Å². The lowest BCUT2D eigenvalue weighted by atomic mass is 10.2. The van der Waals surface area contributed by atoms with Gasteiger partial charge in [-0.25, -0.2) is 9.18 Å². The topological polar surface area (TPSA) is 39.2 Å². The van der Waals surface area contributed by atoms with Crippen molar-refractivity contribution >= 4 is 5.97 Å². The van der Waals surface area contributed by atoms with Crippen LogP contribution in [0.15, 0.2) is 48.7 Å². The molecule has 0 aliphatic rings. The Bertz CT molecular complexity index is 497. The summed E-state index contributed by atoms with van der Waals surface area (Å²) >= 11 is 0. The first-order chi connectivity index (χ1) is 8.25. The zero-order valence-corrected chi connectivity index (χ0v) is 8.97. The van der Waals surface area contributed by atoms with Crippen LogP contribution in [0.5, 0.6) is 0 Å². The van der Waals surface area contributed by atoms with Crippen molar-refractivity contribution in [1.82, 2.24) is 4.98 Å². The molecule has 0 aliphatic carbocycles. The van der Waals surface area contributed by atoms with Gasteiger partial charge in [0.1, 0.15) is 12.4 Å². The lowest BCUT2D eigenvalue weighted by Crippen LogP contribution is -2.05. The molecule has 2 rings (SSSR count).